The summed E-state index contributed by atoms with van der Waals surface area (Å²) in [6.07, 6.45) is 2.04. The van der Waals surface area contributed by atoms with Crippen LogP contribution < -0.4 is 5.32 Å². The van der Waals surface area contributed by atoms with Crippen LogP contribution >= 0.6 is 0 Å². The molecule has 1 unspecified atom stereocenters. The lowest BCUT2D eigenvalue weighted by Crippen LogP contribution is -2.39. The summed E-state index contributed by atoms with van der Waals surface area (Å²) in [7, 11) is 0. The van der Waals surface area contributed by atoms with Crippen LogP contribution in [0.5, 0.6) is 0 Å². The van der Waals surface area contributed by atoms with Crippen LogP contribution in [0.3, 0.4) is 0 Å². The maximum Gasteiger partial charge on any atom is 0.305 e. The van der Waals surface area contributed by atoms with Crippen LogP contribution in [-0.4, -0.2) is 28.0 Å². The number of hydrogen-bond donors (Lipinski definition) is 2. The molecule has 1 aromatic rings. The first-order chi connectivity index (χ1) is 8.78. The fraction of sp³-hybridized carbons (Fsp3) is 0.500. The summed E-state index contributed by atoms with van der Waals surface area (Å²) in [5, 5.41) is 11.6. The highest BCUT2D eigenvalue weighted by Crippen LogP contribution is 2.22. The van der Waals surface area contributed by atoms with Gasteiger partial charge in [0.25, 0.3) is 5.91 Å². The summed E-state index contributed by atoms with van der Waals surface area (Å²) in [4.78, 5) is 26.8. The number of rotatable bonds is 5. The van der Waals surface area contributed by atoms with Crippen molar-refractivity contribution in [2.45, 2.75) is 39.7 Å². The van der Waals surface area contributed by atoms with Gasteiger partial charge in [-0.25, -0.2) is 0 Å². The van der Waals surface area contributed by atoms with Crippen molar-refractivity contribution < 1.29 is 14.7 Å². The molecule has 0 saturated heterocycles. The van der Waals surface area contributed by atoms with Gasteiger partial charge in [0.1, 0.15) is 5.69 Å². The Bertz CT molecular complexity index is 438. The van der Waals surface area contributed by atoms with Crippen molar-refractivity contribution >= 4 is 11.9 Å². The molecular weight excluding hydrogens is 244 g/mol. The second-order valence-corrected chi connectivity index (χ2v) is 5.75. The Hall–Kier alpha value is -1.91. The number of pyridine rings is 1. The van der Waals surface area contributed by atoms with Crippen molar-refractivity contribution in [3.63, 3.8) is 0 Å². The Labute approximate surface area is 113 Å². The first-order valence-electron chi connectivity index (χ1n) is 6.21. The van der Waals surface area contributed by atoms with Gasteiger partial charge in [0.15, 0.2) is 0 Å². The van der Waals surface area contributed by atoms with E-state index in [0.717, 1.165) is 0 Å². The number of nitrogens with zero attached hydrogens (tertiary/aromatic N) is 1. The molecule has 2 N–H and O–H groups in total. The topological polar surface area (TPSA) is 79.3 Å². The summed E-state index contributed by atoms with van der Waals surface area (Å²) in [6, 6.07) is 4.65. The van der Waals surface area contributed by atoms with E-state index in [4.69, 9.17) is 5.11 Å². The van der Waals surface area contributed by atoms with Gasteiger partial charge in [0.05, 0.1) is 6.42 Å². The normalized spacial score (nSPS) is 12.8. The van der Waals surface area contributed by atoms with Crippen LogP contribution in [0.2, 0.25) is 0 Å². The monoisotopic (exact) mass is 264 g/mol. The first kappa shape index (κ1) is 15.1. The molecule has 0 aliphatic rings. The van der Waals surface area contributed by atoms with E-state index in [-0.39, 0.29) is 17.7 Å². The van der Waals surface area contributed by atoms with Crippen molar-refractivity contribution in [1.29, 1.82) is 0 Å². The number of amides is 1. The highest BCUT2D eigenvalue weighted by molar-refractivity contribution is 5.92. The van der Waals surface area contributed by atoms with Crippen molar-refractivity contribution in [3.8, 4) is 0 Å². The third-order valence-electron chi connectivity index (χ3n) is 2.51. The minimum absolute atomic E-state index is 0.0580. The lowest BCUT2D eigenvalue weighted by Gasteiger charge is -2.25. The molecule has 1 amide bonds. The first-order valence-corrected chi connectivity index (χ1v) is 6.21. The maximum absolute atomic E-state index is 12.0. The second kappa shape index (κ2) is 6.31. The minimum atomic E-state index is -0.921. The molecule has 0 saturated carbocycles. The van der Waals surface area contributed by atoms with Gasteiger partial charge in [-0.2, -0.15) is 0 Å². The average Bonchev–Trinajstić information content (AvgIpc) is 2.26. The summed E-state index contributed by atoms with van der Waals surface area (Å²) in [5.41, 5.74) is 0.240. The predicted octanol–water partition coefficient (Wildman–Crippen LogP) is 2.09. The van der Waals surface area contributed by atoms with E-state index in [1.807, 2.05) is 20.8 Å². The van der Waals surface area contributed by atoms with Gasteiger partial charge < -0.3 is 10.4 Å². The zero-order valence-electron chi connectivity index (χ0n) is 11.5. The molecule has 19 heavy (non-hydrogen) atoms. The zero-order valence-corrected chi connectivity index (χ0v) is 11.5. The van der Waals surface area contributed by atoms with Gasteiger partial charge >= 0.3 is 5.97 Å². The van der Waals surface area contributed by atoms with Crippen molar-refractivity contribution in [2.75, 3.05) is 0 Å². The molecule has 104 valence electrons. The van der Waals surface area contributed by atoms with Gasteiger partial charge in [-0.1, -0.05) is 26.8 Å². The number of carbonyl (C=O) groups excluding carboxylic acids is 1. The molecule has 1 rings (SSSR count). The molecule has 0 fully saturated rings. The molecule has 5 heteroatoms. The van der Waals surface area contributed by atoms with Crippen LogP contribution in [0, 0.1) is 5.41 Å². The van der Waals surface area contributed by atoms with Crippen LogP contribution in [0.15, 0.2) is 24.4 Å². The molecule has 0 bridgehead atoms. The molecule has 0 spiro atoms. The highest BCUT2D eigenvalue weighted by Gasteiger charge is 2.23. The summed E-state index contributed by atoms with van der Waals surface area (Å²) in [5.74, 6) is -1.26. The smallest absolute Gasteiger partial charge is 0.305 e. The SMILES string of the molecule is CC(C)(C)CC(CC(=O)O)NC(=O)c1ccccn1. The number of carboxylic acids is 1. The molecule has 0 radical (unpaired) electrons. The van der Waals surface area contributed by atoms with E-state index in [2.05, 4.69) is 10.3 Å². The van der Waals surface area contributed by atoms with E-state index < -0.39 is 12.0 Å². The van der Waals surface area contributed by atoms with E-state index in [1.54, 1.807) is 18.2 Å². The Morgan fingerprint density at radius 3 is 2.53 bits per heavy atom. The number of aromatic nitrogens is 1. The Morgan fingerprint density at radius 2 is 2.05 bits per heavy atom. The number of nitrogens with one attached hydrogen (secondary N) is 1. The fourth-order valence-electron chi connectivity index (χ4n) is 1.88. The number of hydrogen-bond acceptors (Lipinski definition) is 3. The van der Waals surface area contributed by atoms with E-state index in [0.29, 0.717) is 12.1 Å². The Morgan fingerprint density at radius 1 is 1.37 bits per heavy atom. The predicted molar refractivity (Wildman–Crippen MR) is 71.8 cm³/mol. The van der Waals surface area contributed by atoms with Crippen molar-refractivity contribution in [1.82, 2.24) is 10.3 Å². The van der Waals surface area contributed by atoms with Crippen LogP contribution in [0.1, 0.15) is 44.1 Å². The number of carbonyl (C=O) groups is 2. The molecule has 1 heterocycles. The van der Waals surface area contributed by atoms with E-state index in [9.17, 15) is 9.59 Å². The standard InChI is InChI=1S/C14H20N2O3/c1-14(2,3)9-10(8-12(17)18)16-13(19)11-6-4-5-7-15-11/h4-7,10H,8-9H2,1-3H3,(H,16,19)(H,17,18). The lowest BCUT2D eigenvalue weighted by atomic mass is 9.87. The minimum Gasteiger partial charge on any atom is -0.481 e. The quantitative estimate of drug-likeness (QED) is 0.853. The number of carboxylic acid groups (broad SMARTS) is 1. The second-order valence-electron chi connectivity index (χ2n) is 5.75. The molecule has 0 aliphatic carbocycles. The molecule has 0 aromatic carbocycles. The largest absolute Gasteiger partial charge is 0.481 e. The molecule has 1 atom stereocenters. The highest BCUT2D eigenvalue weighted by atomic mass is 16.4. The van der Waals surface area contributed by atoms with Crippen LogP contribution in [0.25, 0.3) is 0 Å². The van der Waals surface area contributed by atoms with Crippen molar-refractivity contribution in [2.24, 2.45) is 5.41 Å². The molecule has 1 aromatic heterocycles. The number of aliphatic carboxylic acids is 1. The molecular formula is C14H20N2O3. The van der Waals surface area contributed by atoms with E-state index in [1.165, 1.54) is 6.20 Å². The van der Waals surface area contributed by atoms with Gasteiger partial charge in [0.2, 0.25) is 0 Å². The third-order valence-corrected chi connectivity index (χ3v) is 2.51. The van der Waals surface area contributed by atoms with Gasteiger partial charge in [0, 0.05) is 12.2 Å². The third kappa shape index (κ3) is 5.99. The van der Waals surface area contributed by atoms with Crippen molar-refractivity contribution in [3.05, 3.63) is 30.1 Å². The zero-order chi connectivity index (χ0) is 14.5. The van der Waals surface area contributed by atoms with Crippen LogP contribution in [-0.2, 0) is 4.79 Å². The summed E-state index contributed by atoms with van der Waals surface area (Å²) < 4.78 is 0. The Kier molecular flexibility index (Phi) is 5.03. The van der Waals surface area contributed by atoms with E-state index >= 15 is 0 Å². The van der Waals surface area contributed by atoms with Gasteiger partial charge in [-0.15, -0.1) is 0 Å². The summed E-state index contributed by atoms with van der Waals surface area (Å²) in [6.45, 7) is 6.03. The fourth-order valence-corrected chi connectivity index (χ4v) is 1.88. The maximum atomic E-state index is 12.0. The average molecular weight is 264 g/mol. The molecule has 5 nitrogen and oxygen atoms in total. The van der Waals surface area contributed by atoms with Gasteiger partial charge in [-0.05, 0) is 24.0 Å². The lowest BCUT2D eigenvalue weighted by molar-refractivity contribution is -0.137. The van der Waals surface area contributed by atoms with Crippen LogP contribution in [0.4, 0.5) is 0 Å². The van der Waals surface area contributed by atoms with Gasteiger partial charge in [-0.3, -0.25) is 14.6 Å². The summed E-state index contributed by atoms with van der Waals surface area (Å²) >= 11 is 0. The Balaban J connectivity index is 2.72. The molecule has 0 aliphatic heterocycles.